The Morgan fingerprint density at radius 2 is 1.72 bits per heavy atom. The molecule has 6 nitrogen and oxygen atoms in total. The number of amides is 2. The molecule has 6 heteroatoms. The minimum Gasteiger partial charge on any atom is -0.349 e. The zero-order valence-electron chi connectivity index (χ0n) is 16.7. The average Bonchev–Trinajstić information content (AvgIpc) is 3.28. The van der Waals surface area contributed by atoms with Crippen molar-refractivity contribution in [3.8, 4) is 0 Å². The molecule has 1 saturated carbocycles. The molecule has 152 valence electrons. The Labute approximate surface area is 171 Å². The molecule has 0 spiro atoms. The second-order valence-corrected chi connectivity index (χ2v) is 7.94. The SMILES string of the molecule is O=C(NC1CCCC1)c1ccnc(C(=O)N2CCN(Cc3ccccc3)CC2)c1. The summed E-state index contributed by atoms with van der Waals surface area (Å²) >= 11 is 0. The van der Waals surface area contributed by atoms with Gasteiger partial charge in [-0.3, -0.25) is 19.5 Å². The fourth-order valence-electron chi connectivity index (χ4n) is 4.14. The Morgan fingerprint density at radius 3 is 2.45 bits per heavy atom. The highest BCUT2D eigenvalue weighted by Gasteiger charge is 2.24. The quantitative estimate of drug-likeness (QED) is 0.850. The zero-order chi connectivity index (χ0) is 20.1. The average molecular weight is 393 g/mol. The Kier molecular flexibility index (Phi) is 6.20. The largest absolute Gasteiger partial charge is 0.349 e. The Morgan fingerprint density at radius 1 is 1.00 bits per heavy atom. The second kappa shape index (κ2) is 9.18. The van der Waals surface area contributed by atoms with E-state index in [1.807, 2.05) is 11.0 Å². The summed E-state index contributed by atoms with van der Waals surface area (Å²) in [4.78, 5) is 33.8. The number of aromatic nitrogens is 1. The van der Waals surface area contributed by atoms with E-state index in [9.17, 15) is 9.59 Å². The maximum atomic E-state index is 12.9. The highest BCUT2D eigenvalue weighted by molar-refractivity contribution is 5.98. The number of carbonyl (C=O) groups excluding carboxylic acids is 2. The van der Waals surface area contributed by atoms with Gasteiger partial charge in [0.25, 0.3) is 11.8 Å². The van der Waals surface area contributed by atoms with E-state index in [1.54, 1.807) is 18.3 Å². The third-order valence-electron chi connectivity index (χ3n) is 5.84. The second-order valence-electron chi connectivity index (χ2n) is 7.94. The van der Waals surface area contributed by atoms with E-state index >= 15 is 0 Å². The van der Waals surface area contributed by atoms with Gasteiger partial charge in [-0.05, 0) is 30.5 Å². The highest BCUT2D eigenvalue weighted by atomic mass is 16.2. The molecule has 0 unspecified atom stereocenters. The molecular formula is C23H28N4O2. The van der Waals surface area contributed by atoms with Crippen molar-refractivity contribution >= 4 is 11.8 Å². The lowest BCUT2D eigenvalue weighted by Gasteiger charge is -2.34. The minimum atomic E-state index is -0.110. The molecule has 2 amide bonds. The van der Waals surface area contributed by atoms with Crippen molar-refractivity contribution in [2.24, 2.45) is 0 Å². The van der Waals surface area contributed by atoms with Crippen LogP contribution < -0.4 is 5.32 Å². The van der Waals surface area contributed by atoms with E-state index in [0.29, 0.717) is 24.3 Å². The van der Waals surface area contributed by atoms with Gasteiger partial charge < -0.3 is 10.2 Å². The Hall–Kier alpha value is -2.73. The van der Waals surface area contributed by atoms with Crippen LogP contribution in [0.2, 0.25) is 0 Å². The predicted molar refractivity (Wildman–Crippen MR) is 112 cm³/mol. The fraction of sp³-hybridized carbons (Fsp3) is 0.435. The van der Waals surface area contributed by atoms with Crippen LogP contribution in [0.25, 0.3) is 0 Å². The molecule has 2 heterocycles. The summed E-state index contributed by atoms with van der Waals surface area (Å²) in [5.41, 5.74) is 2.15. The van der Waals surface area contributed by atoms with Crippen LogP contribution in [0, 0.1) is 0 Å². The van der Waals surface area contributed by atoms with E-state index in [0.717, 1.165) is 32.5 Å². The van der Waals surface area contributed by atoms with Crippen molar-refractivity contribution in [1.29, 1.82) is 0 Å². The molecule has 0 atom stereocenters. The molecule has 0 bridgehead atoms. The molecule has 1 N–H and O–H groups in total. The number of nitrogens with one attached hydrogen (secondary N) is 1. The molecule has 2 fully saturated rings. The maximum Gasteiger partial charge on any atom is 0.272 e. The number of piperazine rings is 1. The molecule has 0 radical (unpaired) electrons. The van der Waals surface area contributed by atoms with E-state index in [1.165, 1.54) is 18.4 Å². The lowest BCUT2D eigenvalue weighted by Crippen LogP contribution is -2.48. The van der Waals surface area contributed by atoms with E-state index in [-0.39, 0.29) is 17.9 Å². The summed E-state index contributed by atoms with van der Waals surface area (Å²) in [6.45, 7) is 3.92. The Bertz CT molecular complexity index is 841. The summed E-state index contributed by atoms with van der Waals surface area (Å²) < 4.78 is 0. The van der Waals surface area contributed by atoms with Gasteiger partial charge in [0.1, 0.15) is 5.69 Å². The lowest BCUT2D eigenvalue weighted by molar-refractivity contribution is 0.0622. The first-order valence-electron chi connectivity index (χ1n) is 10.5. The molecular weight excluding hydrogens is 364 g/mol. The van der Waals surface area contributed by atoms with Gasteiger partial charge in [-0.2, -0.15) is 0 Å². The number of nitrogens with zero attached hydrogens (tertiary/aromatic N) is 3. The minimum absolute atomic E-state index is 0.0973. The Balaban J connectivity index is 1.33. The van der Waals surface area contributed by atoms with Crippen LogP contribution in [0.1, 0.15) is 52.1 Å². The van der Waals surface area contributed by atoms with Gasteiger partial charge in [0, 0.05) is 50.5 Å². The van der Waals surface area contributed by atoms with Crippen LogP contribution in [-0.2, 0) is 6.54 Å². The number of hydrogen-bond donors (Lipinski definition) is 1. The number of hydrogen-bond acceptors (Lipinski definition) is 4. The number of carbonyl (C=O) groups is 2. The van der Waals surface area contributed by atoms with Gasteiger partial charge in [-0.15, -0.1) is 0 Å². The number of pyridine rings is 1. The van der Waals surface area contributed by atoms with Crippen LogP contribution >= 0.6 is 0 Å². The van der Waals surface area contributed by atoms with Crippen molar-refractivity contribution in [3.63, 3.8) is 0 Å². The molecule has 1 aromatic carbocycles. The summed E-state index contributed by atoms with van der Waals surface area (Å²) in [5.74, 6) is -0.207. The standard InChI is InChI=1S/C23H28N4O2/c28-22(25-20-8-4-5-9-20)19-10-11-24-21(16-19)23(29)27-14-12-26(13-15-27)17-18-6-2-1-3-7-18/h1-3,6-7,10-11,16,20H,4-5,8-9,12-15,17H2,(H,25,28). The van der Waals surface area contributed by atoms with Gasteiger partial charge in [0.2, 0.25) is 0 Å². The van der Waals surface area contributed by atoms with Crippen LogP contribution in [0.3, 0.4) is 0 Å². The maximum absolute atomic E-state index is 12.9. The van der Waals surface area contributed by atoms with E-state index < -0.39 is 0 Å². The van der Waals surface area contributed by atoms with Crippen molar-refractivity contribution in [2.45, 2.75) is 38.3 Å². The van der Waals surface area contributed by atoms with Crippen molar-refractivity contribution < 1.29 is 9.59 Å². The van der Waals surface area contributed by atoms with Crippen molar-refractivity contribution in [1.82, 2.24) is 20.1 Å². The molecule has 1 aliphatic carbocycles. The lowest BCUT2D eigenvalue weighted by atomic mass is 10.1. The third kappa shape index (κ3) is 5.01. The van der Waals surface area contributed by atoms with Gasteiger partial charge in [0.15, 0.2) is 0 Å². The van der Waals surface area contributed by atoms with Crippen molar-refractivity contribution in [2.75, 3.05) is 26.2 Å². The van der Waals surface area contributed by atoms with Crippen LogP contribution in [0.5, 0.6) is 0 Å². The summed E-state index contributed by atoms with van der Waals surface area (Å²) in [7, 11) is 0. The van der Waals surface area contributed by atoms with Gasteiger partial charge >= 0.3 is 0 Å². The van der Waals surface area contributed by atoms with Crippen LogP contribution in [0.15, 0.2) is 48.7 Å². The first-order valence-corrected chi connectivity index (χ1v) is 10.5. The molecule has 2 aromatic rings. The van der Waals surface area contributed by atoms with Crippen LogP contribution in [0.4, 0.5) is 0 Å². The van der Waals surface area contributed by atoms with E-state index in [4.69, 9.17) is 0 Å². The number of rotatable bonds is 5. The molecule has 2 aliphatic rings. The molecule has 1 aliphatic heterocycles. The molecule has 4 rings (SSSR count). The van der Waals surface area contributed by atoms with E-state index in [2.05, 4.69) is 39.5 Å². The first-order chi connectivity index (χ1) is 14.2. The monoisotopic (exact) mass is 392 g/mol. The summed E-state index contributed by atoms with van der Waals surface area (Å²) in [5, 5.41) is 3.07. The normalized spacial score (nSPS) is 18.0. The molecule has 29 heavy (non-hydrogen) atoms. The summed E-state index contributed by atoms with van der Waals surface area (Å²) in [6, 6.07) is 13.9. The molecule has 1 aromatic heterocycles. The third-order valence-corrected chi connectivity index (χ3v) is 5.84. The topological polar surface area (TPSA) is 65.5 Å². The molecule has 1 saturated heterocycles. The fourth-order valence-corrected chi connectivity index (χ4v) is 4.14. The first kappa shape index (κ1) is 19.6. The predicted octanol–water partition coefficient (Wildman–Crippen LogP) is 2.71. The van der Waals surface area contributed by atoms with Crippen molar-refractivity contribution in [3.05, 3.63) is 65.5 Å². The number of benzene rings is 1. The smallest absolute Gasteiger partial charge is 0.272 e. The summed E-state index contributed by atoms with van der Waals surface area (Å²) in [6.07, 6.45) is 5.97. The zero-order valence-corrected chi connectivity index (χ0v) is 16.7. The van der Waals surface area contributed by atoms with Gasteiger partial charge in [-0.1, -0.05) is 43.2 Å². The van der Waals surface area contributed by atoms with Gasteiger partial charge in [0.05, 0.1) is 0 Å². The highest BCUT2D eigenvalue weighted by Crippen LogP contribution is 2.18. The van der Waals surface area contributed by atoms with Crippen LogP contribution in [-0.4, -0.2) is 58.8 Å². The van der Waals surface area contributed by atoms with Gasteiger partial charge in [-0.25, -0.2) is 0 Å².